The van der Waals surface area contributed by atoms with Crippen molar-refractivity contribution in [3.05, 3.63) is 0 Å². The first kappa shape index (κ1) is 12.1. The maximum atomic E-state index is 12.8. The number of aliphatic hydroxyl groups is 1. The molecule has 0 aliphatic heterocycles. The molecule has 0 saturated heterocycles. The molecule has 1 N–H and O–H groups in total. The van der Waals surface area contributed by atoms with E-state index in [2.05, 4.69) is 0 Å². The summed E-state index contributed by atoms with van der Waals surface area (Å²) in [7, 11) is 5.87. The van der Waals surface area contributed by atoms with Crippen LogP contribution in [0.25, 0.3) is 0 Å². The van der Waals surface area contributed by atoms with Crippen LogP contribution in [0.4, 0.5) is 13.2 Å². The van der Waals surface area contributed by atoms with Gasteiger partial charge in [0.15, 0.2) is 0 Å². The van der Waals surface area contributed by atoms with Gasteiger partial charge >= 0.3 is 6.18 Å². The molecule has 1 rings (SSSR count). The summed E-state index contributed by atoms with van der Waals surface area (Å²) in [6, 6.07) is 0. The summed E-state index contributed by atoms with van der Waals surface area (Å²) in [5, 5.41) is 7.32. The van der Waals surface area contributed by atoms with Crippen LogP contribution in [0, 0.1) is 5.41 Å². The molecular formula is C6H13B4F3O. The third-order valence-electron chi connectivity index (χ3n) is 4.02. The van der Waals surface area contributed by atoms with Crippen molar-refractivity contribution in [2.45, 2.75) is 29.6 Å². The van der Waals surface area contributed by atoms with E-state index in [1.807, 2.05) is 0 Å². The molecule has 1 nitrogen and oxygen atoms in total. The second-order valence-corrected chi connectivity index (χ2v) is 5.26. The van der Waals surface area contributed by atoms with Crippen molar-refractivity contribution in [1.29, 1.82) is 0 Å². The lowest BCUT2D eigenvalue weighted by molar-refractivity contribution is -0.197. The molecule has 0 atom stereocenters. The van der Waals surface area contributed by atoms with Gasteiger partial charge in [-0.2, -0.15) is 13.2 Å². The van der Waals surface area contributed by atoms with Crippen molar-refractivity contribution in [3.8, 4) is 0 Å². The lowest BCUT2D eigenvalue weighted by Gasteiger charge is -2.46. The maximum Gasteiger partial charge on any atom is 0.393 e. The predicted octanol–water partition coefficient (Wildman–Crippen LogP) is -2.38. The predicted molar refractivity (Wildman–Crippen MR) is 59.5 cm³/mol. The summed E-state index contributed by atoms with van der Waals surface area (Å²) < 4.78 is 38.4. The molecule has 1 fully saturated rings. The second kappa shape index (κ2) is 2.77. The van der Waals surface area contributed by atoms with Crippen LogP contribution >= 0.6 is 0 Å². The summed E-state index contributed by atoms with van der Waals surface area (Å²) in [6.07, 6.45) is -3.95. The highest BCUT2D eigenvalue weighted by molar-refractivity contribution is 6.54. The molecule has 0 bridgehead atoms. The molecule has 0 unspecified atom stereocenters. The summed E-state index contributed by atoms with van der Waals surface area (Å²) in [4.78, 5) is 0. The highest BCUT2D eigenvalue weighted by Gasteiger charge is 2.72. The first-order valence-corrected chi connectivity index (χ1v) is 4.75. The van der Waals surface area contributed by atoms with E-state index in [1.165, 1.54) is 31.4 Å². The molecule has 0 aromatic heterocycles. The van der Waals surface area contributed by atoms with Crippen LogP contribution < -0.4 is 0 Å². The van der Waals surface area contributed by atoms with E-state index < -0.39 is 22.2 Å². The largest absolute Gasteiger partial charge is 0.408 e. The van der Waals surface area contributed by atoms with Gasteiger partial charge in [0.25, 0.3) is 0 Å². The van der Waals surface area contributed by atoms with Crippen molar-refractivity contribution in [1.82, 2.24) is 0 Å². The van der Waals surface area contributed by atoms with Crippen LogP contribution in [-0.4, -0.2) is 48.1 Å². The Balaban J connectivity index is 3.05. The fourth-order valence-electron chi connectivity index (χ4n) is 1.97. The van der Waals surface area contributed by atoms with Gasteiger partial charge in [0.05, 0.1) is 5.41 Å². The Morgan fingerprint density at radius 3 is 1.43 bits per heavy atom. The number of halogens is 3. The number of alkyl halides is 3. The monoisotopic (exact) mass is 202 g/mol. The summed E-state index contributed by atoms with van der Waals surface area (Å²) in [5.74, 6) is 0. The maximum absolute atomic E-state index is 12.8. The van der Waals surface area contributed by atoms with Gasteiger partial charge in [-0.25, -0.2) is 0 Å². The molecule has 0 spiro atoms. The standard InChI is InChI=1S/C6H13B4F3O/c7-4(8,5(9,10)14)3(1-2-3)6(11,12)13/h14H,1-2,7-10H2. The highest BCUT2D eigenvalue weighted by atomic mass is 19.4. The van der Waals surface area contributed by atoms with E-state index in [1.54, 1.807) is 0 Å². The molecular weight excluding hydrogens is 188 g/mol. The van der Waals surface area contributed by atoms with Crippen molar-refractivity contribution in [2.24, 2.45) is 5.41 Å². The van der Waals surface area contributed by atoms with Crippen molar-refractivity contribution >= 4 is 31.4 Å². The van der Waals surface area contributed by atoms with Gasteiger partial charge in [-0.3, -0.25) is 0 Å². The van der Waals surface area contributed by atoms with Gasteiger partial charge in [-0.1, -0.05) is 5.21 Å². The Hall–Kier alpha value is 0.00974. The molecule has 76 valence electrons. The zero-order chi connectivity index (χ0) is 11.4. The fraction of sp³-hybridized carbons (Fsp3) is 1.00. The van der Waals surface area contributed by atoms with E-state index in [-0.39, 0.29) is 12.8 Å². The minimum atomic E-state index is -4.21. The number of hydrogen-bond acceptors (Lipinski definition) is 1. The Morgan fingerprint density at radius 1 is 1.00 bits per heavy atom. The minimum Gasteiger partial charge on any atom is -0.408 e. The Labute approximate surface area is 85.5 Å². The van der Waals surface area contributed by atoms with Gasteiger partial charge < -0.3 is 5.11 Å². The summed E-state index contributed by atoms with van der Waals surface area (Å²) in [5.41, 5.74) is -1.68. The molecule has 14 heavy (non-hydrogen) atoms. The van der Waals surface area contributed by atoms with Gasteiger partial charge in [0.2, 0.25) is 0 Å². The van der Waals surface area contributed by atoms with E-state index in [0.717, 1.165) is 0 Å². The zero-order valence-electron chi connectivity index (χ0n) is 9.00. The van der Waals surface area contributed by atoms with Crippen molar-refractivity contribution in [3.63, 3.8) is 0 Å². The number of hydrogen-bond donors (Lipinski definition) is 1. The van der Waals surface area contributed by atoms with Gasteiger partial charge in [-0.05, 0) is 18.2 Å². The van der Waals surface area contributed by atoms with E-state index in [0.29, 0.717) is 0 Å². The highest BCUT2D eigenvalue weighted by Crippen LogP contribution is 2.70. The van der Waals surface area contributed by atoms with E-state index >= 15 is 0 Å². The van der Waals surface area contributed by atoms with Crippen molar-refractivity contribution in [2.75, 3.05) is 0 Å². The van der Waals surface area contributed by atoms with Crippen LogP contribution in [0.1, 0.15) is 12.8 Å². The summed E-state index contributed by atoms with van der Waals surface area (Å²) >= 11 is 0. The first-order valence-electron chi connectivity index (χ1n) is 4.75. The molecule has 8 heteroatoms. The van der Waals surface area contributed by atoms with Crippen LogP contribution in [0.15, 0.2) is 0 Å². The third kappa shape index (κ3) is 1.42. The molecule has 0 amide bonds. The van der Waals surface area contributed by atoms with Crippen LogP contribution in [0.5, 0.6) is 0 Å². The second-order valence-electron chi connectivity index (χ2n) is 5.26. The van der Waals surface area contributed by atoms with Gasteiger partial charge in [0.1, 0.15) is 31.4 Å². The number of rotatable bonds is 2. The van der Waals surface area contributed by atoms with Gasteiger partial charge in [0, 0.05) is 0 Å². The molecule has 0 heterocycles. The normalized spacial score (nSPS) is 22.0. The molecule has 1 aliphatic carbocycles. The molecule has 0 radical (unpaired) electrons. The minimum absolute atomic E-state index is 0.132. The molecule has 0 aromatic carbocycles. The topological polar surface area (TPSA) is 20.2 Å². The SMILES string of the molecule is BC(B)(O)C(B)(B)C1(C(F)(F)F)CC1. The van der Waals surface area contributed by atoms with Crippen LogP contribution in [-0.2, 0) is 0 Å². The van der Waals surface area contributed by atoms with Crippen molar-refractivity contribution < 1.29 is 18.3 Å². The molecule has 0 aromatic rings. The zero-order valence-corrected chi connectivity index (χ0v) is 9.00. The average Bonchev–Trinajstić information content (AvgIpc) is 2.58. The lowest BCUT2D eigenvalue weighted by atomic mass is 9.30. The van der Waals surface area contributed by atoms with E-state index in [4.69, 9.17) is 0 Å². The Morgan fingerprint density at radius 2 is 1.36 bits per heavy atom. The van der Waals surface area contributed by atoms with Crippen LogP contribution in [0.2, 0.25) is 5.21 Å². The molecule has 1 aliphatic rings. The van der Waals surface area contributed by atoms with Crippen LogP contribution in [0.3, 0.4) is 0 Å². The summed E-state index contributed by atoms with van der Waals surface area (Å²) in [6.45, 7) is 0. The smallest absolute Gasteiger partial charge is 0.393 e. The first-order chi connectivity index (χ1) is 5.96. The third-order valence-corrected chi connectivity index (χ3v) is 4.02. The van der Waals surface area contributed by atoms with E-state index in [9.17, 15) is 18.3 Å². The average molecular weight is 201 g/mol. The lowest BCUT2D eigenvalue weighted by Crippen LogP contribution is -2.54. The fourth-order valence-corrected chi connectivity index (χ4v) is 1.97. The Bertz CT molecular complexity index is 226. The van der Waals surface area contributed by atoms with Gasteiger partial charge in [-0.15, -0.1) is 0 Å². The quantitative estimate of drug-likeness (QED) is 0.495. The Kier molecular flexibility index (Phi) is 2.39. The molecule has 1 saturated carbocycles.